The number of aliphatic hydroxyl groups is 1. The van der Waals surface area contributed by atoms with E-state index in [0.29, 0.717) is 18.3 Å². The van der Waals surface area contributed by atoms with Crippen molar-refractivity contribution in [1.82, 2.24) is 4.90 Å². The maximum absolute atomic E-state index is 11.9. The second-order valence-electron chi connectivity index (χ2n) is 5.27. The fraction of sp³-hybridized carbons (Fsp3) is 0.923. The Morgan fingerprint density at radius 2 is 1.56 bits per heavy atom. The quantitative estimate of drug-likeness (QED) is 0.649. The number of amides is 1. The Morgan fingerprint density at radius 1 is 1.06 bits per heavy atom. The molecule has 0 aromatic heterocycles. The molecule has 3 nitrogen and oxygen atoms in total. The van der Waals surface area contributed by atoms with Gasteiger partial charge in [0, 0.05) is 26.1 Å². The number of nitrogens with zero attached hydrogens (tertiary/aromatic N) is 1. The lowest BCUT2D eigenvalue weighted by Crippen LogP contribution is -2.36. The van der Waals surface area contributed by atoms with Crippen LogP contribution >= 0.6 is 0 Å². The Balaban J connectivity index is 4.10. The van der Waals surface area contributed by atoms with Gasteiger partial charge in [-0.3, -0.25) is 4.79 Å². The third kappa shape index (κ3) is 7.69. The number of carbonyl (C=O) groups is 1. The zero-order valence-corrected chi connectivity index (χ0v) is 11.2. The van der Waals surface area contributed by atoms with Crippen molar-refractivity contribution in [3.8, 4) is 0 Å². The van der Waals surface area contributed by atoms with E-state index in [4.69, 9.17) is 5.11 Å². The first kappa shape index (κ1) is 15.4. The molecule has 0 saturated carbocycles. The summed E-state index contributed by atoms with van der Waals surface area (Å²) in [6, 6.07) is 0. The summed E-state index contributed by atoms with van der Waals surface area (Å²) >= 11 is 0. The summed E-state index contributed by atoms with van der Waals surface area (Å²) in [6.45, 7) is 10.4. The van der Waals surface area contributed by atoms with Crippen LogP contribution in [-0.2, 0) is 4.79 Å². The van der Waals surface area contributed by atoms with Crippen LogP contribution < -0.4 is 0 Å². The van der Waals surface area contributed by atoms with Crippen LogP contribution in [0.4, 0.5) is 0 Å². The van der Waals surface area contributed by atoms with Crippen LogP contribution in [0.3, 0.4) is 0 Å². The van der Waals surface area contributed by atoms with Gasteiger partial charge in [0.15, 0.2) is 0 Å². The standard InChI is InChI=1S/C13H27NO2/c1-11(2)9-14(10-12(3)4)13(16)7-5-6-8-15/h11-12,15H,5-10H2,1-4H3. The molecule has 0 unspecified atom stereocenters. The minimum absolute atomic E-state index is 0.182. The van der Waals surface area contributed by atoms with Gasteiger partial charge in [0.1, 0.15) is 0 Å². The molecule has 0 aliphatic heterocycles. The van der Waals surface area contributed by atoms with Gasteiger partial charge in [0.25, 0.3) is 0 Å². The van der Waals surface area contributed by atoms with Crippen molar-refractivity contribution in [2.24, 2.45) is 11.8 Å². The van der Waals surface area contributed by atoms with Crippen molar-refractivity contribution in [2.45, 2.75) is 47.0 Å². The fourth-order valence-corrected chi connectivity index (χ4v) is 1.71. The molecule has 0 atom stereocenters. The summed E-state index contributed by atoms with van der Waals surface area (Å²) in [7, 11) is 0. The van der Waals surface area contributed by atoms with E-state index in [1.165, 1.54) is 0 Å². The highest BCUT2D eigenvalue weighted by molar-refractivity contribution is 5.76. The van der Waals surface area contributed by atoms with Crippen molar-refractivity contribution in [3.63, 3.8) is 0 Å². The molecule has 0 radical (unpaired) electrons. The van der Waals surface area contributed by atoms with Gasteiger partial charge in [0.05, 0.1) is 0 Å². The Morgan fingerprint density at radius 3 is 1.94 bits per heavy atom. The van der Waals surface area contributed by atoms with E-state index in [-0.39, 0.29) is 12.5 Å². The van der Waals surface area contributed by atoms with E-state index >= 15 is 0 Å². The van der Waals surface area contributed by atoms with E-state index in [0.717, 1.165) is 25.9 Å². The highest BCUT2D eigenvalue weighted by Gasteiger charge is 2.15. The van der Waals surface area contributed by atoms with Crippen LogP contribution in [0.1, 0.15) is 47.0 Å². The molecule has 16 heavy (non-hydrogen) atoms. The van der Waals surface area contributed by atoms with Crippen LogP contribution in [-0.4, -0.2) is 35.6 Å². The predicted molar refractivity (Wildman–Crippen MR) is 67.2 cm³/mol. The molecule has 0 aromatic carbocycles. The van der Waals surface area contributed by atoms with E-state index in [2.05, 4.69) is 27.7 Å². The first-order chi connectivity index (χ1) is 7.47. The molecule has 1 amide bonds. The summed E-state index contributed by atoms with van der Waals surface area (Å²) in [4.78, 5) is 13.9. The molecule has 0 rings (SSSR count). The van der Waals surface area contributed by atoms with E-state index in [1.54, 1.807) is 0 Å². The Labute approximate surface area is 99.8 Å². The fourth-order valence-electron chi connectivity index (χ4n) is 1.71. The summed E-state index contributed by atoms with van der Waals surface area (Å²) in [5, 5.41) is 8.68. The maximum atomic E-state index is 11.9. The molecule has 0 heterocycles. The molecule has 0 bridgehead atoms. The highest BCUT2D eigenvalue weighted by atomic mass is 16.3. The Bertz CT molecular complexity index is 180. The smallest absolute Gasteiger partial charge is 0.222 e. The van der Waals surface area contributed by atoms with E-state index in [1.807, 2.05) is 4.90 Å². The van der Waals surface area contributed by atoms with Gasteiger partial charge >= 0.3 is 0 Å². The SMILES string of the molecule is CC(C)CN(CC(C)C)C(=O)CCCCO. The summed E-state index contributed by atoms with van der Waals surface area (Å²) in [5.41, 5.74) is 0. The highest BCUT2D eigenvalue weighted by Crippen LogP contribution is 2.08. The first-order valence-corrected chi connectivity index (χ1v) is 6.36. The van der Waals surface area contributed by atoms with Crippen LogP contribution in [0.2, 0.25) is 0 Å². The van der Waals surface area contributed by atoms with Crippen molar-refractivity contribution in [3.05, 3.63) is 0 Å². The van der Waals surface area contributed by atoms with Crippen molar-refractivity contribution in [1.29, 1.82) is 0 Å². The minimum atomic E-state index is 0.182. The molecule has 0 aromatic rings. The number of aliphatic hydroxyl groups excluding tert-OH is 1. The number of unbranched alkanes of at least 4 members (excludes halogenated alkanes) is 1. The molecule has 0 fully saturated rings. The molecule has 0 saturated heterocycles. The molecule has 1 N–H and O–H groups in total. The van der Waals surface area contributed by atoms with E-state index < -0.39 is 0 Å². The topological polar surface area (TPSA) is 40.5 Å². The maximum Gasteiger partial charge on any atom is 0.222 e. The number of carbonyl (C=O) groups excluding carboxylic acids is 1. The molecular formula is C13H27NO2. The lowest BCUT2D eigenvalue weighted by atomic mass is 10.1. The summed E-state index contributed by atoms with van der Waals surface area (Å²) in [6.07, 6.45) is 2.09. The Hall–Kier alpha value is -0.570. The molecule has 3 heteroatoms. The third-order valence-corrected chi connectivity index (χ3v) is 2.32. The second kappa shape index (κ2) is 8.57. The normalized spacial score (nSPS) is 11.2. The van der Waals surface area contributed by atoms with Gasteiger partial charge in [-0.1, -0.05) is 27.7 Å². The molecule has 96 valence electrons. The van der Waals surface area contributed by atoms with Crippen molar-refractivity contribution < 1.29 is 9.90 Å². The first-order valence-electron chi connectivity index (χ1n) is 6.36. The molecule has 0 aliphatic rings. The number of hydrogen-bond acceptors (Lipinski definition) is 2. The molecule has 0 spiro atoms. The van der Waals surface area contributed by atoms with Crippen LogP contribution in [0.5, 0.6) is 0 Å². The van der Waals surface area contributed by atoms with Crippen LogP contribution in [0.25, 0.3) is 0 Å². The van der Waals surface area contributed by atoms with Crippen molar-refractivity contribution >= 4 is 5.91 Å². The average molecular weight is 229 g/mol. The molecule has 0 aliphatic carbocycles. The van der Waals surface area contributed by atoms with Gasteiger partial charge in [-0.05, 0) is 24.7 Å². The number of rotatable bonds is 8. The van der Waals surface area contributed by atoms with Crippen LogP contribution in [0.15, 0.2) is 0 Å². The largest absolute Gasteiger partial charge is 0.396 e. The average Bonchev–Trinajstić information content (AvgIpc) is 2.15. The third-order valence-electron chi connectivity index (χ3n) is 2.32. The molecular weight excluding hydrogens is 202 g/mol. The zero-order chi connectivity index (χ0) is 12.6. The second-order valence-corrected chi connectivity index (χ2v) is 5.27. The van der Waals surface area contributed by atoms with Crippen LogP contribution in [0, 0.1) is 11.8 Å². The van der Waals surface area contributed by atoms with E-state index in [9.17, 15) is 4.79 Å². The zero-order valence-electron chi connectivity index (χ0n) is 11.2. The van der Waals surface area contributed by atoms with Gasteiger partial charge < -0.3 is 10.0 Å². The van der Waals surface area contributed by atoms with Gasteiger partial charge in [-0.25, -0.2) is 0 Å². The minimum Gasteiger partial charge on any atom is -0.396 e. The monoisotopic (exact) mass is 229 g/mol. The summed E-state index contributed by atoms with van der Waals surface area (Å²) in [5.74, 6) is 1.26. The Kier molecular flexibility index (Phi) is 8.26. The van der Waals surface area contributed by atoms with Gasteiger partial charge in [0.2, 0.25) is 5.91 Å². The van der Waals surface area contributed by atoms with Gasteiger partial charge in [-0.2, -0.15) is 0 Å². The number of hydrogen-bond donors (Lipinski definition) is 1. The predicted octanol–water partition coefficient (Wildman–Crippen LogP) is 2.29. The van der Waals surface area contributed by atoms with Crippen molar-refractivity contribution in [2.75, 3.05) is 19.7 Å². The summed E-state index contributed by atoms with van der Waals surface area (Å²) < 4.78 is 0. The lowest BCUT2D eigenvalue weighted by Gasteiger charge is -2.26. The lowest BCUT2D eigenvalue weighted by molar-refractivity contribution is -0.132. The van der Waals surface area contributed by atoms with Gasteiger partial charge in [-0.15, -0.1) is 0 Å².